The summed E-state index contributed by atoms with van der Waals surface area (Å²) >= 11 is 1.57. The normalized spacial score (nSPS) is 11.1. The molecule has 2 rings (SSSR count). The number of fused-ring (bicyclic) bond motifs is 1. The molecule has 0 fully saturated rings. The van der Waals surface area contributed by atoms with Crippen LogP contribution in [0.2, 0.25) is 0 Å². The molecule has 0 spiro atoms. The fourth-order valence-corrected chi connectivity index (χ4v) is 2.88. The minimum absolute atomic E-state index is 0.0327. The van der Waals surface area contributed by atoms with Crippen LogP contribution in [-0.4, -0.2) is 15.3 Å². The number of hydrogen-bond acceptors (Lipinski definition) is 4. The van der Waals surface area contributed by atoms with E-state index in [1.807, 2.05) is 13.0 Å². The molecule has 2 heterocycles. The maximum Gasteiger partial charge on any atom is 0.262 e. The first-order valence-corrected chi connectivity index (χ1v) is 6.84. The third kappa shape index (κ3) is 2.36. The summed E-state index contributed by atoms with van der Waals surface area (Å²) in [5.41, 5.74) is -0.0327. The van der Waals surface area contributed by atoms with E-state index in [0.29, 0.717) is 24.2 Å². The Kier molecular flexibility index (Phi) is 3.61. The number of nitrogens with zero attached hydrogens (tertiary/aromatic N) is 2. The lowest BCUT2D eigenvalue weighted by molar-refractivity contribution is -0.117. The first-order valence-electron chi connectivity index (χ1n) is 6.02. The molecule has 0 unspecified atom stereocenters. The molecule has 5 heteroatoms. The highest BCUT2D eigenvalue weighted by atomic mass is 32.1. The lowest BCUT2D eigenvalue weighted by atomic mass is 10.3. The lowest BCUT2D eigenvalue weighted by Gasteiger charge is -2.07. The van der Waals surface area contributed by atoms with E-state index in [2.05, 4.69) is 11.9 Å². The van der Waals surface area contributed by atoms with Gasteiger partial charge >= 0.3 is 0 Å². The molecule has 0 saturated heterocycles. The van der Waals surface area contributed by atoms with E-state index >= 15 is 0 Å². The molecule has 96 valence electrons. The zero-order chi connectivity index (χ0) is 13.3. The van der Waals surface area contributed by atoms with Gasteiger partial charge in [-0.05, 0) is 26.3 Å². The Hall–Kier alpha value is -1.49. The molecule has 2 aromatic heterocycles. The van der Waals surface area contributed by atoms with Crippen LogP contribution in [0.15, 0.2) is 10.9 Å². The van der Waals surface area contributed by atoms with E-state index in [1.165, 1.54) is 11.8 Å². The Morgan fingerprint density at radius 2 is 2.22 bits per heavy atom. The maximum atomic E-state index is 12.3. The van der Waals surface area contributed by atoms with Crippen LogP contribution in [0.5, 0.6) is 0 Å². The molecule has 18 heavy (non-hydrogen) atoms. The van der Waals surface area contributed by atoms with Crippen molar-refractivity contribution in [2.45, 2.75) is 40.2 Å². The van der Waals surface area contributed by atoms with Crippen molar-refractivity contribution in [1.82, 2.24) is 9.55 Å². The van der Waals surface area contributed by atoms with Crippen LogP contribution in [0.4, 0.5) is 0 Å². The van der Waals surface area contributed by atoms with Gasteiger partial charge in [0.2, 0.25) is 0 Å². The molecule has 0 atom stereocenters. The van der Waals surface area contributed by atoms with E-state index in [-0.39, 0.29) is 11.3 Å². The van der Waals surface area contributed by atoms with Crippen molar-refractivity contribution in [3.63, 3.8) is 0 Å². The van der Waals surface area contributed by atoms with Gasteiger partial charge in [0, 0.05) is 17.8 Å². The molecule has 0 aromatic carbocycles. The van der Waals surface area contributed by atoms with E-state index in [9.17, 15) is 9.59 Å². The van der Waals surface area contributed by atoms with Crippen molar-refractivity contribution in [1.29, 1.82) is 0 Å². The molecule has 0 amide bonds. The number of carbonyl (C=O) groups excluding carboxylic acids is 1. The Balaban J connectivity index is 2.53. The van der Waals surface area contributed by atoms with Crippen LogP contribution in [0, 0.1) is 6.92 Å². The summed E-state index contributed by atoms with van der Waals surface area (Å²) in [5.74, 6) is 0.763. The predicted octanol–water partition coefficient (Wildman–Crippen LogP) is 2.31. The molecule has 2 aromatic rings. The van der Waals surface area contributed by atoms with Crippen LogP contribution in [0.25, 0.3) is 10.2 Å². The van der Waals surface area contributed by atoms with Gasteiger partial charge < -0.3 is 0 Å². The van der Waals surface area contributed by atoms with Gasteiger partial charge in [-0.1, -0.05) is 6.92 Å². The molecule has 4 nitrogen and oxygen atoms in total. The van der Waals surface area contributed by atoms with Crippen molar-refractivity contribution in [2.75, 3.05) is 0 Å². The van der Waals surface area contributed by atoms with Crippen molar-refractivity contribution < 1.29 is 4.79 Å². The Labute approximate surface area is 109 Å². The quantitative estimate of drug-likeness (QED) is 0.851. The summed E-state index contributed by atoms with van der Waals surface area (Å²) in [7, 11) is 0. The van der Waals surface area contributed by atoms with E-state index in [4.69, 9.17) is 0 Å². The first-order chi connectivity index (χ1) is 8.52. The van der Waals surface area contributed by atoms with Crippen molar-refractivity contribution in [2.24, 2.45) is 0 Å². The van der Waals surface area contributed by atoms with Crippen LogP contribution in [0.1, 0.15) is 31.0 Å². The number of aromatic nitrogens is 2. The van der Waals surface area contributed by atoms with Crippen molar-refractivity contribution in [3.8, 4) is 0 Å². The highest BCUT2D eigenvalue weighted by molar-refractivity contribution is 7.18. The highest BCUT2D eigenvalue weighted by Gasteiger charge is 2.11. The van der Waals surface area contributed by atoms with E-state index in [1.54, 1.807) is 15.9 Å². The van der Waals surface area contributed by atoms with Crippen LogP contribution >= 0.6 is 11.3 Å². The van der Waals surface area contributed by atoms with Crippen molar-refractivity contribution in [3.05, 3.63) is 27.1 Å². The standard InChI is InChI=1S/C13H16N2O2S/c1-4-10-7-11-12(18-10)14-9(3)15(13(11)17)6-5-8(2)16/h7H,4-6H2,1-3H3. The molecule has 0 saturated carbocycles. The number of carbonyl (C=O) groups is 1. The largest absolute Gasteiger partial charge is 0.300 e. The second-order valence-corrected chi connectivity index (χ2v) is 5.47. The third-order valence-electron chi connectivity index (χ3n) is 2.93. The predicted molar refractivity (Wildman–Crippen MR) is 73.3 cm³/mol. The summed E-state index contributed by atoms with van der Waals surface area (Å²) in [5, 5.41) is 0.672. The van der Waals surface area contributed by atoms with Gasteiger partial charge in [0.05, 0.1) is 5.39 Å². The van der Waals surface area contributed by atoms with E-state index in [0.717, 1.165) is 11.3 Å². The van der Waals surface area contributed by atoms with Gasteiger partial charge in [-0.3, -0.25) is 14.2 Å². The molecule has 0 bridgehead atoms. The third-order valence-corrected chi connectivity index (χ3v) is 4.10. The highest BCUT2D eigenvalue weighted by Crippen LogP contribution is 2.21. The molecule has 0 aliphatic rings. The summed E-state index contributed by atoms with van der Waals surface area (Å²) in [6.45, 7) is 5.82. The fraction of sp³-hybridized carbons (Fsp3) is 0.462. The van der Waals surface area contributed by atoms with Gasteiger partial charge in [-0.2, -0.15) is 0 Å². The lowest BCUT2D eigenvalue weighted by Crippen LogP contribution is -2.24. The number of thiophene rings is 1. The first kappa shape index (κ1) is 13.0. The average molecular weight is 264 g/mol. The number of ketones is 1. The number of rotatable bonds is 4. The van der Waals surface area contributed by atoms with E-state index < -0.39 is 0 Å². The molecule has 0 radical (unpaired) electrons. The summed E-state index contributed by atoms with van der Waals surface area (Å²) in [4.78, 5) is 29.7. The van der Waals surface area contributed by atoms with Crippen LogP contribution < -0.4 is 5.56 Å². The summed E-state index contributed by atoms with van der Waals surface area (Å²) in [6, 6.07) is 1.92. The minimum Gasteiger partial charge on any atom is -0.300 e. The molecule has 0 N–H and O–H groups in total. The van der Waals surface area contributed by atoms with Crippen molar-refractivity contribution >= 4 is 27.3 Å². The smallest absolute Gasteiger partial charge is 0.262 e. The monoisotopic (exact) mass is 264 g/mol. The van der Waals surface area contributed by atoms with Gasteiger partial charge in [0.1, 0.15) is 16.4 Å². The zero-order valence-corrected chi connectivity index (χ0v) is 11.6. The van der Waals surface area contributed by atoms with Gasteiger partial charge in [0.15, 0.2) is 0 Å². The Bertz CT molecular complexity index is 655. The molecular formula is C13H16N2O2S. The topological polar surface area (TPSA) is 52.0 Å². The van der Waals surface area contributed by atoms with Gasteiger partial charge in [-0.15, -0.1) is 11.3 Å². The number of hydrogen-bond donors (Lipinski definition) is 0. The Morgan fingerprint density at radius 1 is 1.50 bits per heavy atom. The number of aryl methyl sites for hydroxylation is 2. The molecular weight excluding hydrogens is 248 g/mol. The summed E-state index contributed by atoms with van der Waals surface area (Å²) in [6.07, 6.45) is 1.28. The SMILES string of the molecule is CCc1cc2c(=O)n(CCC(C)=O)c(C)nc2s1. The van der Waals surface area contributed by atoms with Crippen LogP contribution in [-0.2, 0) is 17.8 Å². The second kappa shape index (κ2) is 5.02. The van der Waals surface area contributed by atoms with Gasteiger partial charge in [0.25, 0.3) is 5.56 Å². The molecule has 0 aliphatic carbocycles. The fourth-order valence-electron chi connectivity index (χ4n) is 1.87. The van der Waals surface area contributed by atoms with Crippen LogP contribution in [0.3, 0.4) is 0 Å². The Morgan fingerprint density at radius 3 is 2.83 bits per heavy atom. The minimum atomic E-state index is -0.0327. The second-order valence-electron chi connectivity index (χ2n) is 4.35. The zero-order valence-electron chi connectivity index (χ0n) is 10.8. The van der Waals surface area contributed by atoms with Gasteiger partial charge in [-0.25, -0.2) is 4.98 Å². The number of Topliss-reactive ketones (excluding diaryl/α,β-unsaturated/α-hetero) is 1. The average Bonchev–Trinajstić information content (AvgIpc) is 2.71. The molecule has 0 aliphatic heterocycles. The summed E-state index contributed by atoms with van der Waals surface area (Å²) < 4.78 is 1.59. The maximum absolute atomic E-state index is 12.3.